The number of amidine groups is 1. The van der Waals surface area contributed by atoms with Crippen LogP contribution in [0.3, 0.4) is 0 Å². The molecule has 1 N–H and O–H groups in total. The number of fused-ring (bicyclic) bond motifs is 1. The molecule has 5 heterocycles. The molecule has 9 nitrogen and oxygen atoms in total. The first kappa shape index (κ1) is 21.2. The number of aryl methyl sites for hydroxylation is 1. The number of rotatable bonds is 2. The number of aromatic nitrogens is 1. The van der Waals surface area contributed by atoms with Crippen molar-refractivity contribution in [2.24, 2.45) is 4.99 Å². The van der Waals surface area contributed by atoms with Crippen LogP contribution in [0.15, 0.2) is 26.7 Å². The second kappa shape index (κ2) is 7.72. The zero-order valence-electron chi connectivity index (χ0n) is 19.3. The standard InChI is InChI=1S/C23H32N6O3/c1-5-15-9-19(32-26-15)21(30)25-20-17-13-29(23(3,4)18(17)10-24-20)22(31)28-12-16-7-6-8-27(16)11-14(28)2/h9,14,16H,5-8,10-13H2,1-4H3,(H,24,25,30)/t14-,16-/m0/s1. The Morgan fingerprint density at radius 3 is 2.88 bits per heavy atom. The van der Waals surface area contributed by atoms with Crippen molar-refractivity contribution in [3.63, 3.8) is 0 Å². The molecular weight excluding hydrogens is 408 g/mol. The van der Waals surface area contributed by atoms with Gasteiger partial charge in [-0.1, -0.05) is 12.1 Å². The second-order valence-corrected chi connectivity index (χ2v) is 9.83. The Hall–Kier alpha value is -2.68. The summed E-state index contributed by atoms with van der Waals surface area (Å²) in [7, 11) is 0. The van der Waals surface area contributed by atoms with Gasteiger partial charge in [0.25, 0.3) is 5.91 Å². The number of amides is 3. The summed E-state index contributed by atoms with van der Waals surface area (Å²) in [5.74, 6) is 0.349. The average Bonchev–Trinajstić information content (AvgIpc) is 3.52. The van der Waals surface area contributed by atoms with E-state index in [0.717, 1.165) is 36.5 Å². The molecule has 0 radical (unpaired) electrons. The Balaban J connectivity index is 1.30. The van der Waals surface area contributed by atoms with Gasteiger partial charge in [0.15, 0.2) is 0 Å². The molecule has 4 aliphatic heterocycles. The van der Waals surface area contributed by atoms with E-state index in [9.17, 15) is 9.59 Å². The fourth-order valence-electron chi connectivity index (χ4n) is 5.53. The van der Waals surface area contributed by atoms with Crippen molar-refractivity contribution in [2.45, 2.75) is 64.6 Å². The number of hydrogen-bond donors (Lipinski definition) is 1. The van der Waals surface area contributed by atoms with E-state index < -0.39 is 5.54 Å². The van der Waals surface area contributed by atoms with Crippen LogP contribution >= 0.6 is 0 Å². The van der Waals surface area contributed by atoms with Gasteiger partial charge in [-0.2, -0.15) is 0 Å². The number of piperazine rings is 1. The van der Waals surface area contributed by atoms with Crippen LogP contribution in [0.25, 0.3) is 0 Å². The van der Waals surface area contributed by atoms with Crippen LogP contribution in [0, 0.1) is 0 Å². The summed E-state index contributed by atoms with van der Waals surface area (Å²) in [4.78, 5) is 37.4. The number of carbonyl (C=O) groups excluding carboxylic acids is 2. The van der Waals surface area contributed by atoms with E-state index in [0.29, 0.717) is 31.4 Å². The third kappa shape index (κ3) is 3.34. The molecule has 172 valence electrons. The van der Waals surface area contributed by atoms with E-state index in [-0.39, 0.29) is 23.7 Å². The van der Waals surface area contributed by atoms with Gasteiger partial charge in [-0.05, 0) is 52.2 Å². The highest BCUT2D eigenvalue weighted by Crippen LogP contribution is 2.39. The normalized spacial score (nSPS) is 26.9. The van der Waals surface area contributed by atoms with Crippen LogP contribution in [0.5, 0.6) is 0 Å². The van der Waals surface area contributed by atoms with Crippen LogP contribution in [0.4, 0.5) is 4.79 Å². The van der Waals surface area contributed by atoms with Crippen molar-refractivity contribution < 1.29 is 14.1 Å². The van der Waals surface area contributed by atoms with Crippen LogP contribution in [-0.4, -0.2) is 88.0 Å². The summed E-state index contributed by atoms with van der Waals surface area (Å²) in [6.45, 7) is 12.1. The minimum absolute atomic E-state index is 0.0805. The summed E-state index contributed by atoms with van der Waals surface area (Å²) in [6, 6.07) is 2.40. The Morgan fingerprint density at radius 2 is 2.12 bits per heavy atom. The molecular formula is C23H32N6O3. The van der Waals surface area contributed by atoms with Gasteiger partial charge < -0.3 is 19.6 Å². The number of carbonyl (C=O) groups is 2. The molecule has 0 aromatic carbocycles. The quantitative estimate of drug-likeness (QED) is 0.760. The van der Waals surface area contributed by atoms with Crippen molar-refractivity contribution in [3.8, 4) is 0 Å². The SMILES string of the molecule is CCc1cc(C(=O)NC2=NCC3=C2CN(C(=O)N2C[C@@H]4CCCN4C[C@@H]2C)C3(C)C)on1. The number of nitrogens with zero attached hydrogens (tertiary/aromatic N) is 5. The molecule has 32 heavy (non-hydrogen) atoms. The highest BCUT2D eigenvalue weighted by atomic mass is 16.5. The van der Waals surface area contributed by atoms with Gasteiger partial charge in [0, 0.05) is 36.8 Å². The maximum atomic E-state index is 13.7. The van der Waals surface area contributed by atoms with Gasteiger partial charge in [-0.15, -0.1) is 0 Å². The number of urea groups is 1. The maximum Gasteiger partial charge on any atom is 0.321 e. The van der Waals surface area contributed by atoms with E-state index in [1.807, 2.05) is 16.7 Å². The Kier molecular flexibility index (Phi) is 5.11. The van der Waals surface area contributed by atoms with Gasteiger partial charge in [0.05, 0.1) is 24.3 Å². The molecule has 3 amide bonds. The third-order valence-corrected chi connectivity index (χ3v) is 7.57. The minimum Gasteiger partial charge on any atom is -0.351 e. The van der Waals surface area contributed by atoms with Crippen molar-refractivity contribution in [2.75, 3.05) is 32.7 Å². The molecule has 5 rings (SSSR count). The predicted octanol–water partition coefficient (Wildman–Crippen LogP) is 2.06. The summed E-state index contributed by atoms with van der Waals surface area (Å²) < 4.78 is 5.16. The highest BCUT2D eigenvalue weighted by Gasteiger charge is 2.48. The molecule has 1 aromatic rings. The van der Waals surface area contributed by atoms with Crippen molar-refractivity contribution in [1.82, 2.24) is 25.2 Å². The summed E-state index contributed by atoms with van der Waals surface area (Å²) in [6.07, 6.45) is 3.08. The maximum absolute atomic E-state index is 13.7. The predicted molar refractivity (Wildman–Crippen MR) is 120 cm³/mol. The Labute approximate surface area is 188 Å². The summed E-state index contributed by atoms with van der Waals surface area (Å²) >= 11 is 0. The molecule has 9 heteroatoms. The molecule has 0 spiro atoms. The molecule has 2 saturated heterocycles. The fourth-order valence-corrected chi connectivity index (χ4v) is 5.53. The number of hydrogen-bond acceptors (Lipinski definition) is 6. The van der Waals surface area contributed by atoms with Crippen LogP contribution in [0.2, 0.25) is 0 Å². The van der Waals surface area contributed by atoms with Gasteiger partial charge in [-0.25, -0.2) is 4.79 Å². The van der Waals surface area contributed by atoms with Crippen molar-refractivity contribution in [1.29, 1.82) is 0 Å². The molecule has 0 unspecified atom stereocenters. The molecule has 0 bridgehead atoms. The number of aliphatic imine (C=N–C) groups is 1. The van der Waals surface area contributed by atoms with Crippen LogP contribution in [-0.2, 0) is 6.42 Å². The lowest BCUT2D eigenvalue weighted by molar-refractivity contribution is 0.0549. The lowest BCUT2D eigenvalue weighted by Gasteiger charge is -2.46. The molecule has 1 aromatic heterocycles. The van der Waals surface area contributed by atoms with E-state index >= 15 is 0 Å². The molecule has 0 saturated carbocycles. The van der Waals surface area contributed by atoms with E-state index in [4.69, 9.17) is 4.52 Å². The fraction of sp³-hybridized carbons (Fsp3) is 0.652. The molecule has 2 atom stereocenters. The van der Waals surface area contributed by atoms with Crippen LogP contribution in [0.1, 0.15) is 56.8 Å². The van der Waals surface area contributed by atoms with Gasteiger partial charge in [-0.3, -0.25) is 14.7 Å². The summed E-state index contributed by atoms with van der Waals surface area (Å²) in [5, 5.41) is 6.77. The molecule has 2 fully saturated rings. The Bertz CT molecular complexity index is 1010. The van der Waals surface area contributed by atoms with E-state index in [2.05, 4.69) is 41.1 Å². The zero-order chi connectivity index (χ0) is 22.6. The lowest BCUT2D eigenvalue weighted by atomic mass is 9.94. The third-order valence-electron chi connectivity index (χ3n) is 7.57. The van der Waals surface area contributed by atoms with E-state index in [1.165, 1.54) is 12.8 Å². The minimum atomic E-state index is -0.448. The molecule has 0 aliphatic carbocycles. The highest BCUT2D eigenvalue weighted by molar-refractivity contribution is 6.14. The Morgan fingerprint density at radius 1 is 1.31 bits per heavy atom. The lowest BCUT2D eigenvalue weighted by Crippen LogP contribution is -2.61. The van der Waals surface area contributed by atoms with Crippen molar-refractivity contribution >= 4 is 17.8 Å². The van der Waals surface area contributed by atoms with Crippen LogP contribution < -0.4 is 5.32 Å². The van der Waals surface area contributed by atoms with Gasteiger partial charge in [0.1, 0.15) is 5.84 Å². The first-order valence-electron chi connectivity index (χ1n) is 11.7. The monoisotopic (exact) mass is 440 g/mol. The first-order chi connectivity index (χ1) is 15.3. The average molecular weight is 441 g/mol. The molecule has 4 aliphatic rings. The number of nitrogens with one attached hydrogen (secondary N) is 1. The second-order valence-electron chi connectivity index (χ2n) is 9.83. The van der Waals surface area contributed by atoms with E-state index in [1.54, 1.807) is 6.07 Å². The smallest absolute Gasteiger partial charge is 0.321 e. The van der Waals surface area contributed by atoms with Crippen molar-refractivity contribution in [3.05, 3.63) is 28.7 Å². The van der Waals surface area contributed by atoms with Gasteiger partial charge in [0.2, 0.25) is 5.76 Å². The first-order valence-corrected chi connectivity index (χ1v) is 11.7. The van der Waals surface area contributed by atoms with Gasteiger partial charge >= 0.3 is 6.03 Å². The largest absolute Gasteiger partial charge is 0.351 e. The topological polar surface area (TPSA) is 94.3 Å². The summed E-state index contributed by atoms with van der Waals surface area (Å²) in [5.41, 5.74) is 2.33. The zero-order valence-corrected chi connectivity index (χ0v) is 19.3.